The lowest BCUT2D eigenvalue weighted by Gasteiger charge is -2.35. The fourth-order valence-corrected chi connectivity index (χ4v) is 3.53. The van der Waals surface area contributed by atoms with E-state index >= 15 is 0 Å². The summed E-state index contributed by atoms with van der Waals surface area (Å²) in [6.07, 6.45) is 0. The first-order valence-electron chi connectivity index (χ1n) is 10.1. The molecule has 0 aromatic heterocycles. The van der Waals surface area contributed by atoms with Gasteiger partial charge in [-0.25, -0.2) is 0 Å². The Hall–Kier alpha value is -2.70. The molecule has 0 unspecified atom stereocenters. The third kappa shape index (κ3) is 6.14. The molecular formula is C23H30N4O2. The van der Waals surface area contributed by atoms with Crippen molar-refractivity contribution in [2.24, 2.45) is 0 Å². The molecule has 2 aromatic rings. The normalized spacial score (nSPS) is 15.1. The fraction of sp³-hybridized carbons (Fsp3) is 0.391. The lowest BCUT2D eigenvalue weighted by molar-refractivity contribution is -0.132. The summed E-state index contributed by atoms with van der Waals surface area (Å²) >= 11 is 0. The highest BCUT2D eigenvalue weighted by Crippen LogP contribution is 2.10. The Kier molecular flexibility index (Phi) is 7.38. The third-order valence-electron chi connectivity index (χ3n) is 5.36. The highest BCUT2D eigenvalue weighted by molar-refractivity contribution is 5.93. The molecule has 1 heterocycles. The Morgan fingerprint density at radius 1 is 0.897 bits per heavy atom. The quantitative estimate of drug-likeness (QED) is 0.778. The molecule has 0 atom stereocenters. The topological polar surface area (TPSA) is 55.9 Å². The van der Waals surface area contributed by atoms with Crippen molar-refractivity contribution < 1.29 is 9.59 Å². The molecule has 2 aromatic carbocycles. The largest absolute Gasteiger partial charge is 0.355 e. The molecule has 6 nitrogen and oxygen atoms in total. The van der Waals surface area contributed by atoms with Gasteiger partial charge in [0.15, 0.2) is 0 Å². The number of nitrogens with zero attached hydrogens (tertiary/aromatic N) is 3. The van der Waals surface area contributed by atoms with Crippen LogP contribution in [-0.4, -0.2) is 73.3 Å². The van der Waals surface area contributed by atoms with E-state index in [-0.39, 0.29) is 11.8 Å². The molecular weight excluding hydrogens is 364 g/mol. The van der Waals surface area contributed by atoms with Crippen molar-refractivity contribution in [1.29, 1.82) is 0 Å². The summed E-state index contributed by atoms with van der Waals surface area (Å²) < 4.78 is 0. The average Bonchev–Trinajstić information content (AvgIpc) is 2.75. The number of likely N-dealkylation sites (N-methyl/N-ethyl adjacent to an activating group) is 1. The molecule has 2 amide bonds. The van der Waals surface area contributed by atoms with Crippen LogP contribution in [0.2, 0.25) is 0 Å². The van der Waals surface area contributed by atoms with Gasteiger partial charge in [-0.05, 0) is 23.3 Å². The van der Waals surface area contributed by atoms with E-state index in [9.17, 15) is 9.59 Å². The zero-order valence-electron chi connectivity index (χ0n) is 17.3. The maximum Gasteiger partial charge on any atom is 0.251 e. The van der Waals surface area contributed by atoms with Gasteiger partial charge in [0.25, 0.3) is 5.91 Å². The lowest BCUT2D eigenvalue weighted by atomic mass is 10.1. The van der Waals surface area contributed by atoms with Crippen LogP contribution in [0.1, 0.15) is 21.5 Å². The SMILES string of the molecule is CNC(=O)c1ccc(CN(C)C(=O)CN2CCN(Cc3ccccc3)CC2)cc1. The van der Waals surface area contributed by atoms with E-state index in [2.05, 4.69) is 39.4 Å². The summed E-state index contributed by atoms with van der Waals surface area (Å²) in [4.78, 5) is 30.7. The Bertz CT molecular complexity index is 799. The van der Waals surface area contributed by atoms with Crippen LogP contribution in [0.25, 0.3) is 0 Å². The molecule has 3 rings (SSSR count). The van der Waals surface area contributed by atoms with Gasteiger partial charge in [-0.15, -0.1) is 0 Å². The standard InChI is InChI=1S/C23H30N4O2/c1-24-23(29)21-10-8-20(9-11-21)16-25(2)22(28)18-27-14-12-26(13-15-27)17-19-6-4-3-5-7-19/h3-11H,12-18H2,1-2H3,(H,24,29). The summed E-state index contributed by atoms with van der Waals surface area (Å²) in [5, 5.41) is 2.61. The first kappa shape index (κ1) is 21.0. The summed E-state index contributed by atoms with van der Waals surface area (Å²) in [6.45, 7) is 5.74. The van der Waals surface area contributed by atoms with Crippen molar-refractivity contribution in [3.8, 4) is 0 Å². The molecule has 1 aliphatic heterocycles. The van der Waals surface area contributed by atoms with Crippen LogP contribution in [0.3, 0.4) is 0 Å². The van der Waals surface area contributed by atoms with E-state index in [1.54, 1.807) is 24.1 Å². The van der Waals surface area contributed by atoms with Crippen molar-refractivity contribution in [3.63, 3.8) is 0 Å². The maximum atomic E-state index is 12.6. The number of amides is 2. The minimum Gasteiger partial charge on any atom is -0.355 e. The number of piperazine rings is 1. The average molecular weight is 395 g/mol. The Labute approximate surface area is 173 Å². The minimum atomic E-state index is -0.104. The van der Waals surface area contributed by atoms with Gasteiger partial charge in [0.1, 0.15) is 0 Å². The van der Waals surface area contributed by atoms with Gasteiger partial charge in [-0.1, -0.05) is 42.5 Å². The van der Waals surface area contributed by atoms with Gasteiger partial charge in [0.05, 0.1) is 6.54 Å². The molecule has 1 N–H and O–H groups in total. The summed E-state index contributed by atoms with van der Waals surface area (Å²) in [5.74, 6) is 0.0178. The lowest BCUT2D eigenvalue weighted by Crippen LogP contribution is -2.49. The van der Waals surface area contributed by atoms with E-state index in [0.29, 0.717) is 18.7 Å². The fourth-order valence-electron chi connectivity index (χ4n) is 3.53. The van der Waals surface area contributed by atoms with Crippen molar-refractivity contribution >= 4 is 11.8 Å². The van der Waals surface area contributed by atoms with E-state index in [1.165, 1.54) is 5.56 Å². The van der Waals surface area contributed by atoms with Crippen LogP contribution in [0.15, 0.2) is 54.6 Å². The Balaban J connectivity index is 1.42. The van der Waals surface area contributed by atoms with Crippen LogP contribution < -0.4 is 5.32 Å². The molecule has 29 heavy (non-hydrogen) atoms. The molecule has 154 valence electrons. The number of carbonyl (C=O) groups excluding carboxylic acids is 2. The maximum absolute atomic E-state index is 12.6. The van der Waals surface area contributed by atoms with Gasteiger partial charge in [-0.3, -0.25) is 19.4 Å². The predicted molar refractivity (Wildman–Crippen MR) is 114 cm³/mol. The van der Waals surface area contributed by atoms with E-state index in [4.69, 9.17) is 0 Å². The molecule has 0 bridgehead atoms. The van der Waals surface area contributed by atoms with Gasteiger partial charge in [-0.2, -0.15) is 0 Å². The van der Waals surface area contributed by atoms with Crippen LogP contribution in [-0.2, 0) is 17.9 Å². The van der Waals surface area contributed by atoms with Crippen LogP contribution in [0.4, 0.5) is 0 Å². The van der Waals surface area contributed by atoms with Crippen molar-refractivity contribution in [3.05, 3.63) is 71.3 Å². The van der Waals surface area contributed by atoms with E-state index in [0.717, 1.165) is 38.3 Å². The number of benzene rings is 2. The number of hydrogen-bond acceptors (Lipinski definition) is 4. The molecule has 6 heteroatoms. The number of hydrogen-bond donors (Lipinski definition) is 1. The van der Waals surface area contributed by atoms with Gasteiger partial charge in [0.2, 0.25) is 5.91 Å². The van der Waals surface area contributed by atoms with E-state index in [1.807, 2.05) is 25.2 Å². The Morgan fingerprint density at radius 3 is 2.14 bits per heavy atom. The van der Waals surface area contributed by atoms with Gasteiger partial charge >= 0.3 is 0 Å². The molecule has 0 saturated carbocycles. The zero-order valence-corrected chi connectivity index (χ0v) is 17.3. The summed E-state index contributed by atoms with van der Waals surface area (Å²) in [7, 11) is 3.45. The van der Waals surface area contributed by atoms with E-state index < -0.39 is 0 Å². The van der Waals surface area contributed by atoms with Crippen LogP contribution in [0, 0.1) is 0 Å². The number of nitrogens with one attached hydrogen (secondary N) is 1. The highest BCUT2D eigenvalue weighted by Gasteiger charge is 2.20. The smallest absolute Gasteiger partial charge is 0.251 e. The van der Waals surface area contributed by atoms with Crippen molar-refractivity contribution in [2.45, 2.75) is 13.1 Å². The summed E-state index contributed by atoms with van der Waals surface area (Å²) in [6, 6.07) is 17.9. The second-order valence-corrected chi connectivity index (χ2v) is 7.56. The molecule has 1 saturated heterocycles. The molecule has 0 radical (unpaired) electrons. The van der Waals surface area contributed by atoms with Gasteiger partial charge in [0, 0.05) is 58.9 Å². The Morgan fingerprint density at radius 2 is 1.52 bits per heavy atom. The van der Waals surface area contributed by atoms with Crippen molar-refractivity contribution in [2.75, 3.05) is 46.8 Å². The van der Waals surface area contributed by atoms with Crippen LogP contribution >= 0.6 is 0 Å². The first-order valence-corrected chi connectivity index (χ1v) is 10.1. The number of rotatable bonds is 7. The first-order chi connectivity index (χ1) is 14.0. The molecule has 1 fully saturated rings. The monoisotopic (exact) mass is 394 g/mol. The minimum absolute atomic E-state index is 0.104. The number of carbonyl (C=O) groups is 2. The molecule has 1 aliphatic rings. The summed E-state index contributed by atoms with van der Waals surface area (Å²) in [5.41, 5.74) is 2.97. The van der Waals surface area contributed by atoms with Crippen molar-refractivity contribution in [1.82, 2.24) is 20.0 Å². The van der Waals surface area contributed by atoms with Crippen LogP contribution in [0.5, 0.6) is 0 Å². The predicted octanol–water partition coefficient (Wildman–Crippen LogP) is 1.82. The second kappa shape index (κ2) is 10.2. The highest BCUT2D eigenvalue weighted by atomic mass is 16.2. The molecule has 0 aliphatic carbocycles. The molecule has 0 spiro atoms. The second-order valence-electron chi connectivity index (χ2n) is 7.56. The third-order valence-corrected chi connectivity index (χ3v) is 5.36. The van der Waals surface area contributed by atoms with Gasteiger partial charge < -0.3 is 10.2 Å². The zero-order chi connectivity index (χ0) is 20.6.